The van der Waals surface area contributed by atoms with E-state index < -0.39 is 0 Å². The first kappa shape index (κ1) is 16.1. The number of thioether (sulfide) groups is 1. The number of nitrogens with zero attached hydrogens (tertiary/aromatic N) is 1. The van der Waals surface area contributed by atoms with Crippen molar-refractivity contribution in [3.8, 4) is 0 Å². The summed E-state index contributed by atoms with van der Waals surface area (Å²) >= 11 is 1.58. The molecule has 23 heavy (non-hydrogen) atoms. The molecule has 2 aromatic rings. The van der Waals surface area contributed by atoms with Gasteiger partial charge >= 0.3 is 0 Å². The Morgan fingerprint density at radius 3 is 2.74 bits per heavy atom. The highest BCUT2D eigenvalue weighted by atomic mass is 32.2. The number of amides is 1. The number of hydrogen-bond acceptors (Lipinski definition) is 2. The molecule has 1 aliphatic heterocycles. The van der Waals surface area contributed by atoms with E-state index in [1.807, 2.05) is 23.1 Å². The largest absolute Gasteiger partial charge is 0.309 e. The summed E-state index contributed by atoms with van der Waals surface area (Å²) in [7, 11) is 0. The van der Waals surface area contributed by atoms with Gasteiger partial charge in [-0.2, -0.15) is 0 Å². The van der Waals surface area contributed by atoms with Crippen molar-refractivity contribution in [1.29, 1.82) is 0 Å². The molecule has 0 saturated heterocycles. The smallest absolute Gasteiger partial charge is 0.237 e. The summed E-state index contributed by atoms with van der Waals surface area (Å²) in [6.45, 7) is 2.11. The molecule has 1 aliphatic rings. The van der Waals surface area contributed by atoms with Gasteiger partial charge in [-0.25, -0.2) is 4.39 Å². The minimum Gasteiger partial charge on any atom is -0.309 e. The van der Waals surface area contributed by atoms with Crippen LogP contribution in [0.1, 0.15) is 24.5 Å². The Labute approximate surface area is 140 Å². The maximum atomic E-state index is 12.9. The van der Waals surface area contributed by atoms with Gasteiger partial charge in [-0.1, -0.05) is 30.3 Å². The van der Waals surface area contributed by atoms with Crippen LogP contribution in [0.15, 0.2) is 48.5 Å². The summed E-state index contributed by atoms with van der Waals surface area (Å²) in [5.41, 5.74) is 3.34. The lowest BCUT2D eigenvalue weighted by molar-refractivity contribution is -0.116. The Kier molecular flexibility index (Phi) is 5.01. The summed E-state index contributed by atoms with van der Waals surface area (Å²) in [6, 6.07) is 14.9. The first-order chi connectivity index (χ1) is 11.1. The molecule has 0 fully saturated rings. The first-order valence-corrected chi connectivity index (χ1v) is 9.03. The van der Waals surface area contributed by atoms with E-state index in [0.29, 0.717) is 5.75 Å². The molecular formula is C19H20FNOS. The molecule has 2 aromatic carbocycles. The zero-order chi connectivity index (χ0) is 16.2. The number of fused-ring (bicyclic) bond motifs is 1. The minimum atomic E-state index is -0.228. The van der Waals surface area contributed by atoms with Crippen molar-refractivity contribution in [3.63, 3.8) is 0 Å². The highest BCUT2D eigenvalue weighted by Gasteiger charge is 2.27. The predicted molar refractivity (Wildman–Crippen MR) is 94.3 cm³/mol. The molecule has 1 amide bonds. The number of para-hydroxylation sites is 1. The normalized spacial score (nSPS) is 17.0. The second kappa shape index (κ2) is 7.18. The van der Waals surface area contributed by atoms with Gasteiger partial charge in [-0.05, 0) is 49.1 Å². The van der Waals surface area contributed by atoms with Crippen molar-refractivity contribution >= 4 is 23.4 Å². The van der Waals surface area contributed by atoms with Gasteiger partial charge in [0.05, 0.1) is 5.75 Å². The van der Waals surface area contributed by atoms with Crippen LogP contribution in [0.25, 0.3) is 0 Å². The summed E-state index contributed by atoms with van der Waals surface area (Å²) in [4.78, 5) is 14.6. The fraction of sp³-hybridized carbons (Fsp3) is 0.316. The van der Waals surface area contributed by atoms with Crippen LogP contribution < -0.4 is 4.90 Å². The van der Waals surface area contributed by atoms with Crippen molar-refractivity contribution in [2.75, 3.05) is 10.7 Å². The van der Waals surface area contributed by atoms with Gasteiger partial charge in [0.1, 0.15) is 5.82 Å². The monoisotopic (exact) mass is 329 g/mol. The maximum Gasteiger partial charge on any atom is 0.237 e. The van der Waals surface area contributed by atoms with Gasteiger partial charge in [-0.3, -0.25) is 4.79 Å². The van der Waals surface area contributed by atoms with Crippen molar-refractivity contribution in [1.82, 2.24) is 0 Å². The van der Waals surface area contributed by atoms with Crippen molar-refractivity contribution < 1.29 is 9.18 Å². The molecule has 0 saturated carbocycles. The average molecular weight is 329 g/mol. The third kappa shape index (κ3) is 3.75. The molecule has 1 atom stereocenters. The lowest BCUT2D eigenvalue weighted by atomic mass is 9.97. The number of anilines is 1. The van der Waals surface area contributed by atoms with Gasteiger partial charge in [-0.15, -0.1) is 11.8 Å². The third-order valence-corrected chi connectivity index (χ3v) is 5.19. The molecule has 1 heterocycles. The van der Waals surface area contributed by atoms with Gasteiger partial charge in [0, 0.05) is 17.5 Å². The Hall–Kier alpha value is -1.81. The topological polar surface area (TPSA) is 20.3 Å². The van der Waals surface area contributed by atoms with E-state index in [4.69, 9.17) is 0 Å². The molecule has 3 rings (SSSR count). The summed E-state index contributed by atoms with van der Waals surface area (Å²) in [5.74, 6) is 1.08. The van der Waals surface area contributed by atoms with Crippen LogP contribution in [0.2, 0.25) is 0 Å². The fourth-order valence-electron chi connectivity index (χ4n) is 2.97. The average Bonchev–Trinajstić information content (AvgIpc) is 2.56. The molecule has 0 spiro atoms. The molecule has 0 aliphatic carbocycles. The molecule has 120 valence electrons. The Morgan fingerprint density at radius 1 is 1.22 bits per heavy atom. The van der Waals surface area contributed by atoms with E-state index in [2.05, 4.69) is 13.0 Å². The molecule has 0 N–H and O–H groups in total. The summed E-state index contributed by atoms with van der Waals surface area (Å²) in [5, 5.41) is 0. The van der Waals surface area contributed by atoms with E-state index in [1.54, 1.807) is 23.9 Å². The third-order valence-electron chi connectivity index (χ3n) is 4.20. The van der Waals surface area contributed by atoms with Crippen molar-refractivity contribution in [2.45, 2.75) is 31.6 Å². The zero-order valence-electron chi connectivity index (χ0n) is 13.2. The second-order valence-electron chi connectivity index (χ2n) is 5.90. The Balaban J connectivity index is 1.63. The Bertz CT molecular complexity index is 686. The maximum absolute atomic E-state index is 12.9. The lowest BCUT2D eigenvalue weighted by Gasteiger charge is -2.35. The number of hydrogen-bond donors (Lipinski definition) is 0. The molecule has 0 bridgehead atoms. The van der Waals surface area contributed by atoms with E-state index >= 15 is 0 Å². The van der Waals surface area contributed by atoms with Crippen LogP contribution in [0.3, 0.4) is 0 Å². The number of aryl methyl sites for hydroxylation is 1. The fourth-order valence-corrected chi connectivity index (χ4v) is 3.82. The van der Waals surface area contributed by atoms with Crippen molar-refractivity contribution in [2.24, 2.45) is 0 Å². The van der Waals surface area contributed by atoms with Crippen molar-refractivity contribution in [3.05, 3.63) is 65.5 Å². The molecule has 1 unspecified atom stereocenters. The van der Waals surface area contributed by atoms with E-state index in [9.17, 15) is 9.18 Å². The van der Waals surface area contributed by atoms with Crippen LogP contribution in [-0.2, 0) is 17.0 Å². The quantitative estimate of drug-likeness (QED) is 0.827. The van der Waals surface area contributed by atoms with E-state index in [1.165, 1.54) is 17.7 Å². The van der Waals surface area contributed by atoms with Crippen LogP contribution in [0.4, 0.5) is 10.1 Å². The molecule has 4 heteroatoms. The molecule has 0 radical (unpaired) electrons. The van der Waals surface area contributed by atoms with Gasteiger partial charge < -0.3 is 4.90 Å². The van der Waals surface area contributed by atoms with Gasteiger partial charge in [0.25, 0.3) is 0 Å². The second-order valence-corrected chi connectivity index (χ2v) is 6.89. The number of rotatable bonds is 4. The minimum absolute atomic E-state index is 0.150. The van der Waals surface area contributed by atoms with Crippen LogP contribution >= 0.6 is 11.8 Å². The van der Waals surface area contributed by atoms with Crippen LogP contribution in [0.5, 0.6) is 0 Å². The number of halogens is 1. The standard InChI is InChI=1S/C19H20FNOS/c1-14-6-9-16-4-2-3-5-18(16)21(14)19(22)13-23-12-15-7-10-17(20)11-8-15/h2-5,7-8,10-11,14H,6,9,12-13H2,1H3. The predicted octanol–water partition coefficient (Wildman–Crippen LogP) is 4.43. The summed E-state index contributed by atoms with van der Waals surface area (Å²) < 4.78 is 12.9. The van der Waals surface area contributed by atoms with Gasteiger partial charge in [0.15, 0.2) is 0 Å². The zero-order valence-corrected chi connectivity index (χ0v) is 14.0. The SMILES string of the molecule is CC1CCc2ccccc2N1C(=O)CSCc1ccc(F)cc1. The molecular weight excluding hydrogens is 309 g/mol. The summed E-state index contributed by atoms with van der Waals surface area (Å²) in [6.07, 6.45) is 2.04. The highest BCUT2D eigenvalue weighted by molar-refractivity contribution is 7.99. The van der Waals surface area contributed by atoms with Gasteiger partial charge in [0.2, 0.25) is 5.91 Å². The van der Waals surface area contributed by atoms with Crippen LogP contribution in [-0.4, -0.2) is 17.7 Å². The Morgan fingerprint density at radius 2 is 1.96 bits per heavy atom. The lowest BCUT2D eigenvalue weighted by Crippen LogP contribution is -2.43. The molecule has 2 nitrogen and oxygen atoms in total. The van der Waals surface area contributed by atoms with E-state index in [0.717, 1.165) is 29.8 Å². The molecule has 0 aromatic heterocycles. The van der Waals surface area contributed by atoms with Crippen LogP contribution in [0, 0.1) is 5.82 Å². The van der Waals surface area contributed by atoms with E-state index in [-0.39, 0.29) is 17.8 Å². The number of benzene rings is 2. The number of carbonyl (C=O) groups is 1. The first-order valence-electron chi connectivity index (χ1n) is 7.87. The number of carbonyl (C=O) groups excluding carboxylic acids is 1. The highest BCUT2D eigenvalue weighted by Crippen LogP contribution is 2.31.